The summed E-state index contributed by atoms with van der Waals surface area (Å²) < 4.78 is 6.23. The molecule has 2 aliphatic heterocycles. The number of phenolic OH excluding ortho intramolecular Hbond substituents is 1. The molecule has 2 aromatic carbocycles. The van der Waals surface area contributed by atoms with Gasteiger partial charge in [-0.05, 0) is 73.8 Å². The summed E-state index contributed by atoms with van der Waals surface area (Å²) in [6.07, 6.45) is -0.174. The van der Waals surface area contributed by atoms with Gasteiger partial charge >= 0.3 is 11.9 Å². The quantitative estimate of drug-likeness (QED) is 0.241. The number of carbonyl (C=O) groups is 4. The Labute approximate surface area is 223 Å². The molecule has 5 rings (SSSR count). The van der Waals surface area contributed by atoms with Crippen LogP contribution in [0.1, 0.15) is 33.6 Å². The molecule has 186 valence electrons. The third-order valence-electron chi connectivity index (χ3n) is 5.82. The molecule has 12 heteroatoms. The van der Waals surface area contributed by atoms with E-state index >= 15 is 0 Å². The van der Waals surface area contributed by atoms with Crippen molar-refractivity contribution in [3.8, 4) is 28.2 Å². The monoisotopic (exact) mass is 629 g/mol. The number of phenols is 1. The van der Waals surface area contributed by atoms with Crippen molar-refractivity contribution in [1.82, 2.24) is 5.06 Å². The van der Waals surface area contributed by atoms with Crippen molar-refractivity contribution in [2.75, 3.05) is 0 Å². The van der Waals surface area contributed by atoms with E-state index in [0.717, 1.165) is 6.07 Å². The summed E-state index contributed by atoms with van der Waals surface area (Å²) in [5.41, 5.74) is 0.201. The maximum Gasteiger partial charge on any atom is 0.363 e. The molecule has 1 saturated heterocycles. The van der Waals surface area contributed by atoms with Crippen LogP contribution in [0.2, 0.25) is 0 Å². The van der Waals surface area contributed by atoms with Gasteiger partial charge in [-0.2, -0.15) is 0 Å². The minimum absolute atomic E-state index is 0.0869. The molecule has 1 fully saturated rings. The highest BCUT2D eigenvalue weighted by molar-refractivity contribution is 9.11. The molecule has 2 N–H and O–H groups in total. The number of amides is 2. The summed E-state index contributed by atoms with van der Waals surface area (Å²) in [4.78, 5) is 65.8. The zero-order valence-electron chi connectivity index (χ0n) is 18.4. The molecule has 0 spiro atoms. The first-order chi connectivity index (χ1) is 17.6. The van der Waals surface area contributed by atoms with E-state index in [9.17, 15) is 34.2 Å². The molecule has 2 heterocycles. The fourth-order valence-corrected chi connectivity index (χ4v) is 4.93. The summed E-state index contributed by atoms with van der Waals surface area (Å²) >= 11 is 6.50. The second kappa shape index (κ2) is 9.12. The van der Waals surface area contributed by atoms with Gasteiger partial charge in [0, 0.05) is 29.4 Å². The van der Waals surface area contributed by atoms with Crippen LogP contribution >= 0.6 is 31.9 Å². The van der Waals surface area contributed by atoms with Crippen molar-refractivity contribution < 1.29 is 38.6 Å². The van der Waals surface area contributed by atoms with Crippen LogP contribution in [0, 0.1) is 0 Å². The molecule has 37 heavy (non-hydrogen) atoms. The number of hydrogen-bond acceptors (Lipinski definition) is 8. The summed E-state index contributed by atoms with van der Waals surface area (Å²) in [7, 11) is 0. The number of aromatic hydroxyl groups is 1. The number of carboxylic acids is 1. The van der Waals surface area contributed by atoms with Crippen molar-refractivity contribution >= 4 is 66.6 Å². The third-order valence-corrected chi connectivity index (χ3v) is 7.33. The van der Waals surface area contributed by atoms with Crippen LogP contribution in [0.15, 0.2) is 60.6 Å². The Morgan fingerprint density at radius 2 is 1.59 bits per heavy atom. The topological polar surface area (TPSA) is 151 Å². The van der Waals surface area contributed by atoms with Crippen molar-refractivity contribution in [3.05, 3.63) is 72.8 Å². The Bertz CT molecular complexity index is 1690. The molecule has 0 saturated carbocycles. The number of carboxylic acid groups (broad SMARTS) is 1. The van der Waals surface area contributed by atoms with E-state index in [0.29, 0.717) is 21.6 Å². The molecule has 0 atom stereocenters. The van der Waals surface area contributed by atoms with Gasteiger partial charge in [0.1, 0.15) is 14.7 Å². The number of nitrogens with zero attached hydrogens (tertiary/aromatic N) is 1. The number of rotatable bonds is 4. The van der Waals surface area contributed by atoms with Gasteiger partial charge in [0.05, 0.1) is 11.1 Å². The molecule has 0 radical (unpaired) electrons. The van der Waals surface area contributed by atoms with E-state index in [1.807, 2.05) is 0 Å². The summed E-state index contributed by atoms with van der Waals surface area (Å²) in [6.45, 7) is 0. The predicted molar refractivity (Wildman–Crippen MR) is 135 cm³/mol. The highest BCUT2D eigenvalue weighted by atomic mass is 79.9. The SMILES string of the molecule is O=C(ON1C(=O)CCC1=O)c1ccc(-c2c3ccc(=O)c(Br)c-3oc3c(Br)c(O)ccc23)c(C(=O)O)c1. The fourth-order valence-electron chi connectivity index (χ4n) is 4.07. The molecule has 10 nitrogen and oxygen atoms in total. The first kappa shape index (κ1) is 24.7. The standard InChI is InChI=1S/C25H13Br2NO9/c26-20-15(29)5-3-12-19(13-4-6-16(30)21(27)23(13)36-22(12)20)11-2-1-10(9-14(11)24(33)34)25(35)37-28-17(31)7-8-18(28)32/h1-6,9,29H,7-8H2,(H,33,34). The molecular formula is C25H13Br2NO9. The average Bonchev–Trinajstić information content (AvgIpc) is 3.19. The number of hydrogen-bond donors (Lipinski definition) is 2. The number of benzene rings is 3. The van der Waals surface area contributed by atoms with E-state index in [2.05, 4.69) is 31.9 Å². The smallest absolute Gasteiger partial charge is 0.363 e. The van der Waals surface area contributed by atoms with Gasteiger partial charge < -0.3 is 19.5 Å². The first-order valence-corrected chi connectivity index (χ1v) is 12.2. The second-order valence-corrected chi connectivity index (χ2v) is 9.62. The Morgan fingerprint density at radius 1 is 0.919 bits per heavy atom. The van der Waals surface area contributed by atoms with Crippen molar-refractivity contribution in [3.63, 3.8) is 0 Å². The molecule has 3 aliphatic rings. The van der Waals surface area contributed by atoms with E-state index in [-0.39, 0.29) is 61.0 Å². The van der Waals surface area contributed by atoms with Crippen LogP contribution in [0.4, 0.5) is 0 Å². The molecule has 0 unspecified atom stereocenters. The number of halogens is 2. The summed E-state index contributed by atoms with van der Waals surface area (Å²) in [6, 6.07) is 9.45. The average molecular weight is 631 g/mol. The van der Waals surface area contributed by atoms with E-state index in [1.54, 1.807) is 0 Å². The number of aromatic carboxylic acids is 1. The van der Waals surface area contributed by atoms with Crippen LogP contribution in [0.25, 0.3) is 33.4 Å². The van der Waals surface area contributed by atoms with E-state index < -0.39 is 23.8 Å². The maximum absolute atomic E-state index is 12.7. The molecule has 0 bridgehead atoms. The van der Waals surface area contributed by atoms with E-state index in [1.165, 1.54) is 36.4 Å². The van der Waals surface area contributed by atoms with Crippen LogP contribution in [0.5, 0.6) is 5.75 Å². The normalized spacial score (nSPS) is 13.5. The van der Waals surface area contributed by atoms with Crippen LogP contribution in [-0.2, 0) is 14.4 Å². The highest BCUT2D eigenvalue weighted by Crippen LogP contribution is 2.46. The Morgan fingerprint density at radius 3 is 2.27 bits per heavy atom. The minimum atomic E-state index is -1.38. The van der Waals surface area contributed by atoms with Gasteiger partial charge in [0.2, 0.25) is 0 Å². The third kappa shape index (κ3) is 4.07. The van der Waals surface area contributed by atoms with Gasteiger partial charge in [0.25, 0.3) is 11.8 Å². The second-order valence-electron chi connectivity index (χ2n) is 8.03. The Balaban J connectivity index is 1.74. The molecule has 1 aliphatic carbocycles. The van der Waals surface area contributed by atoms with Crippen LogP contribution in [0.3, 0.4) is 0 Å². The fraction of sp³-hybridized carbons (Fsp3) is 0.0800. The molecule has 2 amide bonds. The largest absolute Gasteiger partial charge is 0.507 e. The number of carbonyl (C=O) groups excluding carboxylic acids is 3. The van der Waals surface area contributed by atoms with Gasteiger partial charge in [-0.3, -0.25) is 14.4 Å². The number of imide groups is 1. The molecular weight excluding hydrogens is 618 g/mol. The lowest BCUT2D eigenvalue weighted by atomic mass is 9.90. The molecule has 2 aromatic rings. The summed E-state index contributed by atoms with van der Waals surface area (Å²) in [5.74, 6) is -3.82. The maximum atomic E-state index is 12.7. The first-order valence-electron chi connectivity index (χ1n) is 10.6. The lowest BCUT2D eigenvalue weighted by molar-refractivity contribution is -0.172. The lowest BCUT2D eigenvalue weighted by Crippen LogP contribution is -2.32. The number of hydroxylamine groups is 2. The number of fused-ring (bicyclic) bond motifs is 2. The van der Waals surface area contributed by atoms with Crippen LogP contribution < -0.4 is 5.43 Å². The highest BCUT2D eigenvalue weighted by Gasteiger charge is 2.33. The van der Waals surface area contributed by atoms with Gasteiger partial charge in [-0.15, -0.1) is 5.06 Å². The van der Waals surface area contributed by atoms with Crippen molar-refractivity contribution in [1.29, 1.82) is 0 Å². The van der Waals surface area contributed by atoms with Crippen molar-refractivity contribution in [2.24, 2.45) is 0 Å². The van der Waals surface area contributed by atoms with E-state index in [4.69, 9.17) is 9.25 Å². The van der Waals surface area contributed by atoms with Crippen LogP contribution in [-0.4, -0.2) is 39.0 Å². The zero-order valence-corrected chi connectivity index (χ0v) is 21.6. The van der Waals surface area contributed by atoms with Gasteiger partial charge in [-0.25, -0.2) is 9.59 Å². The zero-order chi connectivity index (χ0) is 26.6. The van der Waals surface area contributed by atoms with Crippen molar-refractivity contribution in [2.45, 2.75) is 12.8 Å². The minimum Gasteiger partial charge on any atom is -0.507 e. The molecule has 0 aromatic heterocycles. The Kier molecular flexibility index (Phi) is 6.08. The Hall–Kier alpha value is -4.03. The summed E-state index contributed by atoms with van der Waals surface area (Å²) in [5, 5.41) is 21.0. The lowest BCUT2D eigenvalue weighted by Gasteiger charge is -2.19. The van der Waals surface area contributed by atoms with Gasteiger partial charge in [0.15, 0.2) is 16.8 Å². The predicted octanol–water partition coefficient (Wildman–Crippen LogP) is 4.71. The van der Waals surface area contributed by atoms with Gasteiger partial charge in [-0.1, -0.05) is 6.07 Å².